The first kappa shape index (κ1) is 11.2. The van der Waals surface area contributed by atoms with Gasteiger partial charge in [0.05, 0.1) is 5.38 Å². The highest BCUT2D eigenvalue weighted by molar-refractivity contribution is 9.10. The molecule has 1 aliphatic rings. The molecule has 4 heteroatoms. The molecule has 0 spiro atoms. The van der Waals surface area contributed by atoms with E-state index in [-0.39, 0.29) is 5.38 Å². The Morgan fingerprint density at radius 1 is 1.67 bits per heavy atom. The highest BCUT2D eigenvalue weighted by atomic mass is 79.9. The van der Waals surface area contributed by atoms with Crippen LogP contribution < -0.4 is 5.32 Å². The molecule has 1 saturated carbocycles. The summed E-state index contributed by atoms with van der Waals surface area (Å²) in [5.41, 5.74) is 1.19. The summed E-state index contributed by atoms with van der Waals surface area (Å²) in [6, 6.07) is 2.03. The number of anilines is 1. The van der Waals surface area contributed by atoms with E-state index in [4.69, 9.17) is 11.6 Å². The van der Waals surface area contributed by atoms with Crippen molar-refractivity contribution in [1.82, 2.24) is 4.98 Å². The van der Waals surface area contributed by atoms with Crippen molar-refractivity contribution in [2.24, 2.45) is 5.92 Å². The molecule has 15 heavy (non-hydrogen) atoms. The number of alkyl halides is 1. The van der Waals surface area contributed by atoms with Crippen molar-refractivity contribution >= 4 is 33.3 Å². The fourth-order valence-corrected chi connectivity index (χ4v) is 2.01. The van der Waals surface area contributed by atoms with Crippen LogP contribution in [0.3, 0.4) is 0 Å². The smallest absolute Gasteiger partial charge is 0.126 e. The summed E-state index contributed by atoms with van der Waals surface area (Å²) < 4.78 is 1.04. The standard InChI is InChI=1S/C11H14BrClN2/c1-7-4-11(14-5-9(7)12)15-6-10(13)8-2-3-8/h4-5,8,10H,2-3,6H2,1H3,(H,14,15). The van der Waals surface area contributed by atoms with Crippen LogP contribution in [0.4, 0.5) is 5.82 Å². The SMILES string of the molecule is Cc1cc(NCC(Cl)C2CC2)ncc1Br. The van der Waals surface area contributed by atoms with Crippen LogP contribution in [0.2, 0.25) is 0 Å². The molecule has 82 valence electrons. The van der Waals surface area contributed by atoms with E-state index >= 15 is 0 Å². The lowest BCUT2D eigenvalue weighted by atomic mass is 10.2. The van der Waals surface area contributed by atoms with Crippen molar-refractivity contribution in [3.63, 3.8) is 0 Å². The van der Waals surface area contributed by atoms with Crippen LogP contribution >= 0.6 is 27.5 Å². The van der Waals surface area contributed by atoms with Gasteiger partial charge < -0.3 is 5.32 Å². The van der Waals surface area contributed by atoms with E-state index in [2.05, 4.69) is 33.2 Å². The molecule has 1 unspecified atom stereocenters. The molecule has 0 aliphatic heterocycles. The molecule has 0 bridgehead atoms. The monoisotopic (exact) mass is 288 g/mol. The summed E-state index contributed by atoms with van der Waals surface area (Å²) in [6.45, 7) is 2.86. The number of hydrogen-bond donors (Lipinski definition) is 1. The zero-order valence-corrected chi connectivity index (χ0v) is 11.0. The molecule has 0 saturated heterocycles. The minimum atomic E-state index is 0.246. The molecule has 0 aromatic carbocycles. The zero-order valence-electron chi connectivity index (χ0n) is 8.63. The number of aromatic nitrogens is 1. The third-order valence-electron chi connectivity index (χ3n) is 2.66. The number of pyridine rings is 1. The summed E-state index contributed by atoms with van der Waals surface area (Å²) in [6.07, 6.45) is 4.38. The average Bonchev–Trinajstić information content (AvgIpc) is 3.03. The second-order valence-electron chi connectivity index (χ2n) is 4.05. The minimum Gasteiger partial charge on any atom is -0.369 e. The fourth-order valence-electron chi connectivity index (χ4n) is 1.46. The molecule has 0 radical (unpaired) electrons. The van der Waals surface area contributed by atoms with E-state index in [1.807, 2.05) is 12.3 Å². The van der Waals surface area contributed by atoms with Crippen molar-refractivity contribution < 1.29 is 0 Å². The van der Waals surface area contributed by atoms with Crippen molar-refractivity contribution in [1.29, 1.82) is 0 Å². The third kappa shape index (κ3) is 3.08. The van der Waals surface area contributed by atoms with E-state index in [1.165, 1.54) is 18.4 Å². The lowest BCUT2D eigenvalue weighted by molar-refractivity contribution is 0.768. The van der Waals surface area contributed by atoms with Gasteiger partial charge in [-0.1, -0.05) is 0 Å². The molecule has 1 aromatic rings. The summed E-state index contributed by atoms with van der Waals surface area (Å²) >= 11 is 9.63. The van der Waals surface area contributed by atoms with Gasteiger partial charge in [0.25, 0.3) is 0 Å². The van der Waals surface area contributed by atoms with Crippen LogP contribution in [-0.2, 0) is 0 Å². The molecular weight excluding hydrogens is 275 g/mol. The van der Waals surface area contributed by atoms with Gasteiger partial charge in [0.15, 0.2) is 0 Å². The van der Waals surface area contributed by atoms with Gasteiger partial charge in [0.2, 0.25) is 0 Å². The molecule has 1 N–H and O–H groups in total. The molecule has 1 aromatic heterocycles. The molecule has 1 atom stereocenters. The number of aryl methyl sites for hydroxylation is 1. The Kier molecular flexibility index (Phi) is 3.52. The van der Waals surface area contributed by atoms with Gasteiger partial charge in [-0.15, -0.1) is 11.6 Å². The molecular formula is C11H14BrClN2. The predicted octanol–water partition coefficient (Wildman–Crippen LogP) is 3.58. The second-order valence-corrected chi connectivity index (χ2v) is 5.47. The molecule has 1 heterocycles. The van der Waals surface area contributed by atoms with Crippen LogP contribution in [0.1, 0.15) is 18.4 Å². The van der Waals surface area contributed by atoms with Crippen molar-refractivity contribution in [2.45, 2.75) is 25.1 Å². The highest BCUT2D eigenvalue weighted by Gasteiger charge is 2.29. The Morgan fingerprint density at radius 2 is 2.40 bits per heavy atom. The van der Waals surface area contributed by atoms with Crippen LogP contribution in [-0.4, -0.2) is 16.9 Å². The predicted molar refractivity (Wildman–Crippen MR) is 67.5 cm³/mol. The van der Waals surface area contributed by atoms with Crippen LogP contribution in [0.25, 0.3) is 0 Å². The highest BCUT2D eigenvalue weighted by Crippen LogP contribution is 2.35. The quantitative estimate of drug-likeness (QED) is 0.857. The van der Waals surface area contributed by atoms with E-state index in [1.54, 1.807) is 0 Å². The first-order valence-electron chi connectivity index (χ1n) is 5.17. The Labute approximate surface area is 104 Å². The number of nitrogens with zero attached hydrogens (tertiary/aromatic N) is 1. The summed E-state index contributed by atoms with van der Waals surface area (Å²) in [5, 5.41) is 3.52. The average molecular weight is 290 g/mol. The van der Waals surface area contributed by atoms with Gasteiger partial charge >= 0.3 is 0 Å². The second kappa shape index (κ2) is 4.71. The van der Waals surface area contributed by atoms with Crippen molar-refractivity contribution in [3.8, 4) is 0 Å². The molecule has 1 fully saturated rings. The Balaban J connectivity index is 1.89. The maximum Gasteiger partial charge on any atom is 0.126 e. The van der Waals surface area contributed by atoms with Crippen LogP contribution in [0.15, 0.2) is 16.7 Å². The molecule has 0 amide bonds. The Morgan fingerprint density at radius 3 is 3.00 bits per heavy atom. The summed E-state index contributed by atoms with van der Waals surface area (Å²) in [7, 11) is 0. The van der Waals surface area contributed by atoms with E-state index in [0.29, 0.717) is 0 Å². The first-order valence-corrected chi connectivity index (χ1v) is 6.40. The van der Waals surface area contributed by atoms with Gasteiger partial charge in [0.1, 0.15) is 5.82 Å². The molecule has 1 aliphatic carbocycles. The number of halogens is 2. The zero-order chi connectivity index (χ0) is 10.8. The van der Waals surface area contributed by atoms with Gasteiger partial charge in [-0.2, -0.15) is 0 Å². The molecule has 2 rings (SSSR count). The van der Waals surface area contributed by atoms with E-state index in [0.717, 1.165) is 22.8 Å². The van der Waals surface area contributed by atoms with Crippen molar-refractivity contribution in [2.75, 3.05) is 11.9 Å². The van der Waals surface area contributed by atoms with E-state index in [9.17, 15) is 0 Å². The van der Waals surface area contributed by atoms with Gasteiger partial charge in [-0.05, 0) is 53.2 Å². The number of nitrogens with one attached hydrogen (secondary N) is 1. The topological polar surface area (TPSA) is 24.9 Å². The lowest BCUT2D eigenvalue weighted by Crippen LogP contribution is -2.16. The lowest BCUT2D eigenvalue weighted by Gasteiger charge is -2.10. The summed E-state index contributed by atoms with van der Waals surface area (Å²) in [5.74, 6) is 1.62. The molecule has 2 nitrogen and oxygen atoms in total. The number of hydrogen-bond acceptors (Lipinski definition) is 2. The van der Waals surface area contributed by atoms with Gasteiger partial charge in [0, 0.05) is 17.2 Å². The van der Waals surface area contributed by atoms with Gasteiger partial charge in [-0.25, -0.2) is 4.98 Å². The maximum absolute atomic E-state index is 6.20. The fraction of sp³-hybridized carbons (Fsp3) is 0.545. The minimum absolute atomic E-state index is 0.246. The number of rotatable bonds is 4. The maximum atomic E-state index is 6.20. The van der Waals surface area contributed by atoms with Crippen LogP contribution in [0.5, 0.6) is 0 Å². The van der Waals surface area contributed by atoms with Crippen molar-refractivity contribution in [3.05, 3.63) is 22.3 Å². The normalized spacial score (nSPS) is 17.5. The van der Waals surface area contributed by atoms with E-state index < -0.39 is 0 Å². The first-order chi connectivity index (χ1) is 7.16. The Hall–Kier alpha value is -0.280. The largest absolute Gasteiger partial charge is 0.369 e. The van der Waals surface area contributed by atoms with Gasteiger partial charge in [-0.3, -0.25) is 0 Å². The Bertz CT molecular complexity index is 352. The third-order valence-corrected chi connectivity index (χ3v) is 4.00. The van der Waals surface area contributed by atoms with Crippen LogP contribution in [0, 0.1) is 12.8 Å². The summed E-state index contributed by atoms with van der Waals surface area (Å²) in [4.78, 5) is 4.27.